The molecule has 15 heavy (non-hydrogen) atoms. The fourth-order valence-corrected chi connectivity index (χ4v) is 2.68. The zero-order valence-corrected chi connectivity index (χ0v) is 11.1. The van der Waals surface area contributed by atoms with E-state index in [0.717, 1.165) is 25.7 Å². The van der Waals surface area contributed by atoms with E-state index < -0.39 is 9.84 Å². The predicted molar refractivity (Wildman–Crippen MR) is 65.6 cm³/mol. The Morgan fingerprint density at radius 2 is 1.67 bits per heavy atom. The third-order valence-corrected chi connectivity index (χ3v) is 5.33. The molecule has 0 aromatic rings. The van der Waals surface area contributed by atoms with Gasteiger partial charge in [0, 0.05) is 5.75 Å². The van der Waals surface area contributed by atoms with Gasteiger partial charge in [0.25, 0.3) is 0 Å². The van der Waals surface area contributed by atoms with Crippen molar-refractivity contribution in [3.05, 3.63) is 0 Å². The molecule has 0 unspecified atom stereocenters. The van der Waals surface area contributed by atoms with Crippen LogP contribution in [0.1, 0.15) is 46.5 Å². The molecule has 0 saturated heterocycles. The molecule has 0 aliphatic rings. The summed E-state index contributed by atoms with van der Waals surface area (Å²) in [6.07, 6.45) is 3.74. The molecule has 0 fully saturated rings. The molecule has 0 aromatic carbocycles. The van der Waals surface area contributed by atoms with E-state index in [-0.39, 0.29) is 11.2 Å². The number of hydrogen-bond donors (Lipinski definition) is 1. The Morgan fingerprint density at radius 3 is 2.00 bits per heavy atom. The molecule has 0 radical (unpaired) electrons. The first kappa shape index (κ1) is 14.9. The van der Waals surface area contributed by atoms with Gasteiger partial charge in [0.15, 0.2) is 0 Å². The Hall–Kier alpha value is -0.0900. The molecule has 4 heteroatoms. The second kappa shape index (κ2) is 6.48. The maximum absolute atomic E-state index is 11.3. The van der Waals surface area contributed by atoms with Crippen molar-refractivity contribution in [3.8, 4) is 0 Å². The van der Waals surface area contributed by atoms with Gasteiger partial charge in [-0.2, -0.15) is 0 Å². The SMILES string of the molecule is CCC(CC)(CN)CCCS(=O)(=O)CC. The van der Waals surface area contributed by atoms with E-state index >= 15 is 0 Å². The van der Waals surface area contributed by atoms with Crippen LogP contribution in [0.3, 0.4) is 0 Å². The lowest BCUT2D eigenvalue weighted by atomic mass is 9.78. The molecule has 0 aromatic heterocycles. The highest BCUT2D eigenvalue weighted by Crippen LogP contribution is 2.30. The Kier molecular flexibility index (Phi) is 6.44. The number of nitrogens with two attached hydrogens (primary N) is 1. The average Bonchev–Trinajstić information content (AvgIpc) is 2.25. The summed E-state index contributed by atoms with van der Waals surface area (Å²) >= 11 is 0. The number of hydrogen-bond acceptors (Lipinski definition) is 3. The van der Waals surface area contributed by atoms with Gasteiger partial charge in [-0.25, -0.2) is 8.42 Å². The van der Waals surface area contributed by atoms with E-state index in [0.29, 0.717) is 12.3 Å². The van der Waals surface area contributed by atoms with Crippen LogP contribution in [0.5, 0.6) is 0 Å². The Balaban J connectivity index is 4.13. The Labute approximate surface area is 94.4 Å². The zero-order chi connectivity index (χ0) is 11.9. The van der Waals surface area contributed by atoms with Gasteiger partial charge in [-0.1, -0.05) is 20.8 Å². The minimum atomic E-state index is -2.81. The first-order chi connectivity index (χ1) is 6.95. The topological polar surface area (TPSA) is 60.2 Å². The van der Waals surface area contributed by atoms with Crippen molar-refractivity contribution in [2.24, 2.45) is 11.1 Å². The maximum Gasteiger partial charge on any atom is 0.150 e. The van der Waals surface area contributed by atoms with Crippen LogP contribution in [0, 0.1) is 5.41 Å². The molecule has 0 spiro atoms. The van der Waals surface area contributed by atoms with Crippen LogP contribution in [-0.4, -0.2) is 26.5 Å². The van der Waals surface area contributed by atoms with Crippen LogP contribution in [0.4, 0.5) is 0 Å². The molecule has 2 N–H and O–H groups in total. The lowest BCUT2D eigenvalue weighted by Gasteiger charge is -2.30. The minimum Gasteiger partial charge on any atom is -0.330 e. The molecule has 3 nitrogen and oxygen atoms in total. The lowest BCUT2D eigenvalue weighted by Crippen LogP contribution is -2.29. The molecule has 0 aliphatic carbocycles. The van der Waals surface area contributed by atoms with E-state index in [9.17, 15) is 8.42 Å². The summed E-state index contributed by atoms with van der Waals surface area (Å²) in [4.78, 5) is 0. The van der Waals surface area contributed by atoms with Gasteiger partial charge in [-0.15, -0.1) is 0 Å². The first-order valence-corrected chi connectivity index (χ1v) is 7.68. The van der Waals surface area contributed by atoms with Crippen LogP contribution in [0.25, 0.3) is 0 Å². The highest BCUT2D eigenvalue weighted by atomic mass is 32.2. The molecular weight excluding hydrogens is 210 g/mol. The zero-order valence-electron chi connectivity index (χ0n) is 10.3. The number of rotatable bonds is 8. The smallest absolute Gasteiger partial charge is 0.150 e. The molecule has 0 atom stereocenters. The van der Waals surface area contributed by atoms with Crippen LogP contribution >= 0.6 is 0 Å². The molecule has 92 valence electrons. The van der Waals surface area contributed by atoms with Crippen molar-refractivity contribution < 1.29 is 8.42 Å². The van der Waals surface area contributed by atoms with E-state index in [4.69, 9.17) is 5.73 Å². The van der Waals surface area contributed by atoms with Crippen molar-refractivity contribution in [1.29, 1.82) is 0 Å². The van der Waals surface area contributed by atoms with Crippen molar-refractivity contribution in [2.45, 2.75) is 46.5 Å². The van der Waals surface area contributed by atoms with Gasteiger partial charge in [0.05, 0.1) is 5.75 Å². The van der Waals surface area contributed by atoms with Crippen molar-refractivity contribution >= 4 is 9.84 Å². The lowest BCUT2D eigenvalue weighted by molar-refractivity contribution is 0.248. The molecule has 0 rings (SSSR count). The highest BCUT2D eigenvalue weighted by molar-refractivity contribution is 7.91. The van der Waals surface area contributed by atoms with E-state index in [1.165, 1.54) is 0 Å². The summed E-state index contributed by atoms with van der Waals surface area (Å²) in [7, 11) is -2.81. The highest BCUT2D eigenvalue weighted by Gasteiger charge is 2.24. The van der Waals surface area contributed by atoms with Crippen molar-refractivity contribution in [2.75, 3.05) is 18.1 Å². The summed E-state index contributed by atoms with van der Waals surface area (Å²) < 4.78 is 22.6. The molecule has 0 aliphatic heterocycles. The molecule has 0 heterocycles. The maximum atomic E-state index is 11.3. The molecule has 0 saturated carbocycles. The van der Waals surface area contributed by atoms with Crippen LogP contribution in [0.2, 0.25) is 0 Å². The predicted octanol–water partition coefficient (Wildman–Crippen LogP) is 1.97. The van der Waals surface area contributed by atoms with E-state index in [1.54, 1.807) is 6.92 Å². The van der Waals surface area contributed by atoms with E-state index in [1.807, 2.05) is 0 Å². The van der Waals surface area contributed by atoms with Crippen molar-refractivity contribution in [1.82, 2.24) is 0 Å². The van der Waals surface area contributed by atoms with Gasteiger partial charge >= 0.3 is 0 Å². The van der Waals surface area contributed by atoms with Crippen molar-refractivity contribution in [3.63, 3.8) is 0 Å². The fourth-order valence-electron chi connectivity index (χ4n) is 1.81. The van der Waals surface area contributed by atoms with Gasteiger partial charge in [0.1, 0.15) is 9.84 Å². The Bertz CT molecular complexity index is 247. The summed E-state index contributed by atoms with van der Waals surface area (Å²) in [6.45, 7) is 6.62. The van der Waals surface area contributed by atoms with Crippen LogP contribution in [-0.2, 0) is 9.84 Å². The quantitative estimate of drug-likeness (QED) is 0.699. The summed E-state index contributed by atoms with van der Waals surface area (Å²) in [6, 6.07) is 0. The summed E-state index contributed by atoms with van der Waals surface area (Å²) in [5.74, 6) is 0.562. The largest absolute Gasteiger partial charge is 0.330 e. The Morgan fingerprint density at radius 1 is 1.13 bits per heavy atom. The standard InChI is InChI=1S/C11H25NO2S/c1-4-11(5-2,10-12)8-7-9-15(13,14)6-3/h4-10,12H2,1-3H3. The molecular formula is C11H25NO2S. The second-order valence-corrected chi connectivity index (χ2v) is 6.72. The van der Waals surface area contributed by atoms with E-state index in [2.05, 4.69) is 13.8 Å². The van der Waals surface area contributed by atoms with Gasteiger partial charge in [0.2, 0.25) is 0 Å². The van der Waals surface area contributed by atoms with Gasteiger partial charge in [-0.05, 0) is 37.6 Å². The summed E-state index contributed by atoms with van der Waals surface area (Å²) in [5, 5.41) is 0. The van der Waals surface area contributed by atoms with Crippen LogP contribution < -0.4 is 5.73 Å². The monoisotopic (exact) mass is 235 g/mol. The molecule has 0 amide bonds. The normalized spacial score (nSPS) is 13.1. The fraction of sp³-hybridized carbons (Fsp3) is 1.00. The second-order valence-electron chi connectivity index (χ2n) is 4.25. The first-order valence-electron chi connectivity index (χ1n) is 5.85. The van der Waals surface area contributed by atoms with Crippen LogP contribution in [0.15, 0.2) is 0 Å². The van der Waals surface area contributed by atoms with Gasteiger partial charge in [-0.3, -0.25) is 0 Å². The average molecular weight is 235 g/mol. The minimum absolute atomic E-state index is 0.156. The third-order valence-electron chi connectivity index (χ3n) is 3.54. The molecule has 0 bridgehead atoms. The van der Waals surface area contributed by atoms with Gasteiger partial charge < -0.3 is 5.73 Å². The summed E-state index contributed by atoms with van der Waals surface area (Å²) in [5.41, 5.74) is 5.92. The number of sulfone groups is 1. The third kappa shape index (κ3) is 4.98.